The number of hydrogen-bond donors (Lipinski definition) is 1. The second-order valence-corrected chi connectivity index (χ2v) is 11.8. The smallest absolute Gasteiger partial charge is 0.264 e. The molecule has 0 aliphatic heterocycles. The number of hydrogen-bond acceptors (Lipinski definition) is 5. The predicted octanol–water partition coefficient (Wildman–Crippen LogP) is 5.25. The van der Waals surface area contributed by atoms with Crippen LogP contribution in [0.2, 0.25) is 5.02 Å². The molecular formula is C28H31BrClN3O5S. The molecule has 0 aliphatic carbocycles. The zero-order valence-electron chi connectivity index (χ0n) is 21.9. The number of carbonyl (C=O) groups is 2. The fourth-order valence-electron chi connectivity index (χ4n) is 3.87. The molecule has 0 unspecified atom stereocenters. The van der Waals surface area contributed by atoms with Crippen molar-refractivity contribution in [3.05, 3.63) is 87.9 Å². The van der Waals surface area contributed by atoms with Crippen LogP contribution in [0.5, 0.6) is 5.75 Å². The fraction of sp³-hybridized carbons (Fsp3) is 0.286. The van der Waals surface area contributed by atoms with Crippen molar-refractivity contribution in [3.8, 4) is 5.75 Å². The van der Waals surface area contributed by atoms with Crippen LogP contribution >= 0.6 is 27.5 Å². The van der Waals surface area contributed by atoms with Gasteiger partial charge in [-0.25, -0.2) is 8.42 Å². The quantitative estimate of drug-likeness (QED) is 0.293. The lowest BCUT2D eigenvalue weighted by Crippen LogP contribution is -2.51. The van der Waals surface area contributed by atoms with Crippen LogP contribution in [0.3, 0.4) is 0 Å². The van der Waals surface area contributed by atoms with Gasteiger partial charge in [0.2, 0.25) is 11.8 Å². The van der Waals surface area contributed by atoms with Crippen LogP contribution in [0.4, 0.5) is 5.69 Å². The molecule has 0 aliphatic rings. The molecule has 11 heteroatoms. The maximum Gasteiger partial charge on any atom is 0.264 e. The van der Waals surface area contributed by atoms with E-state index in [2.05, 4.69) is 21.2 Å². The number of likely N-dealkylation sites (N-methyl/N-ethyl adjacent to an activating group) is 1. The molecule has 1 atom stereocenters. The molecule has 2 amide bonds. The van der Waals surface area contributed by atoms with Gasteiger partial charge in [0.25, 0.3) is 10.0 Å². The first-order valence-electron chi connectivity index (χ1n) is 12.4. The van der Waals surface area contributed by atoms with Gasteiger partial charge in [-0.05, 0) is 87.0 Å². The van der Waals surface area contributed by atoms with Crippen LogP contribution in [-0.2, 0) is 26.2 Å². The number of ether oxygens (including phenoxy) is 1. The second kappa shape index (κ2) is 13.8. The Bertz CT molecular complexity index is 1390. The molecule has 1 N–H and O–H groups in total. The van der Waals surface area contributed by atoms with Crippen LogP contribution in [0.1, 0.15) is 26.3 Å². The standard InChI is InChI=1S/C28H31BrClN3O5S/c1-4-31-28(35)20(3)32(18-21-7-6-8-23(30)17-21)27(34)19-33(24-11-13-25(14-12-24)38-5-2)39(36,37)26-15-9-22(29)10-16-26/h6-17,20H,4-5,18-19H2,1-3H3,(H,31,35)/t20-/m0/s1. The number of nitrogens with one attached hydrogen (secondary N) is 1. The van der Waals surface area contributed by atoms with E-state index in [0.717, 1.165) is 4.31 Å². The average molecular weight is 637 g/mol. The van der Waals surface area contributed by atoms with Gasteiger partial charge in [-0.1, -0.05) is 39.7 Å². The summed E-state index contributed by atoms with van der Waals surface area (Å²) in [5.41, 5.74) is 0.985. The molecule has 208 valence electrons. The lowest BCUT2D eigenvalue weighted by atomic mass is 10.1. The van der Waals surface area contributed by atoms with Crippen molar-refractivity contribution < 1.29 is 22.7 Å². The summed E-state index contributed by atoms with van der Waals surface area (Å²) in [5.74, 6) is -0.333. The molecule has 0 fully saturated rings. The van der Waals surface area contributed by atoms with Crippen LogP contribution in [0.25, 0.3) is 0 Å². The van der Waals surface area contributed by atoms with E-state index in [0.29, 0.717) is 34.0 Å². The van der Waals surface area contributed by atoms with E-state index in [1.54, 1.807) is 74.5 Å². The summed E-state index contributed by atoms with van der Waals surface area (Å²) in [7, 11) is -4.16. The minimum absolute atomic E-state index is 0.0190. The van der Waals surface area contributed by atoms with Gasteiger partial charge >= 0.3 is 0 Å². The molecule has 3 aromatic rings. The molecule has 0 bridgehead atoms. The van der Waals surface area contributed by atoms with E-state index in [9.17, 15) is 18.0 Å². The molecule has 3 aromatic carbocycles. The highest BCUT2D eigenvalue weighted by molar-refractivity contribution is 9.10. The van der Waals surface area contributed by atoms with Crippen LogP contribution < -0.4 is 14.4 Å². The van der Waals surface area contributed by atoms with Gasteiger partial charge in [-0.15, -0.1) is 0 Å². The number of rotatable bonds is 12. The van der Waals surface area contributed by atoms with Crippen molar-refractivity contribution in [2.75, 3.05) is 24.0 Å². The highest BCUT2D eigenvalue weighted by Crippen LogP contribution is 2.27. The number of carbonyl (C=O) groups excluding carboxylic acids is 2. The molecular weight excluding hydrogens is 606 g/mol. The number of sulfonamides is 1. The third kappa shape index (κ3) is 7.97. The molecule has 0 spiro atoms. The minimum Gasteiger partial charge on any atom is -0.494 e. The van der Waals surface area contributed by atoms with Crippen molar-refractivity contribution in [3.63, 3.8) is 0 Å². The van der Waals surface area contributed by atoms with Crippen LogP contribution in [0, 0.1) is 0 Å². The first-order valence-corrected chi connectivity index (χ1v) is 15.0. The number of halogens is 2. The first kappa shape index (κ1) is 30.5. The summed E-state index contributed by atoms with van der Waals surface area (Å²) in [4.78, 5) is 28.0. The van der Waals surface area contributed by atoms with Gasteiger partial charge in [-0.3, -0.25) is 13.9 Å². The number of nitrogens with zero attached hydrogens (tertiary/aromatic N) is 2. The topological polar surface area (TPSA) is 96.0 Å². The number of benzene rings is 3. The largest absolute Gasteiger partial charge is 0.494 e. The van der Waals surface area contributed by atoms with Crippen molar-refractivity contribution in [2.45, 2.75) is 38.3 Å². The summed E-state index contributed by atoms with van der Waals surface area (Å²) in [6.45, 7) is 5.61. The third-order valence-electron chi connectivity index (χ3n) is 5.88. The molecule has 3 rings (SSSR count). The first-order chi connectivity index (χ1) is 18.6. The van der Waals surface area contributed by atoms with Crippen molar-refractivity contribution >= 4 is 55.1 Å². The Balaban J connectivity index is 2.03. The normalized spacial score (nSPS) is 11.9. The van der Waals surface area contributed by atoms with Crippen molar-refractivity contribution in [2.24, 2.45) is 0 Å². The van der Waals surface area contributed by atoms with E-state index in [1.807, 2.05) is 6.92 Å². The molecule has 0 heterocycles. The molecule has 8 nitrogen and oxygen atoms in total. The third-order valence-corrected chi connectivity index (χ3v) is 8.43. The molecule has 0 aromatic heterocycles. The Morgan fingerprint density at radius 1 is 1.03 bits per heavy atom. The predicted molar refractivity (Wildman–Crippen MR) is 156 cm³/mol. The van der Waals surface area contributed by atoms with E-state index in [-0.39, 0.29) is 23.0 Å². The fourth-order valence-corrected chi connectivity index (χ4v) is 5.77. The molecule has 0 radical (unpaired) electrons. The van der Waals surface area contributed by atoms with Crippen LogP contribution in [-0.4, -0.2) is 50.9 Å². The Hall–Kier alpha value is -3.08. The second-order valence-electron chi connectivity index (χ2n) is 8.61. The highest BCUT2D eigenvalue weighted by Gasteiger charge is 2.32. The Kier molecular flexibility index (Phi) is 10.8. The molecule has 39 heavy (non-hydrogen) atoms. The van der Waals surface area contributed by atoms with E-state index >= 15 is 0 Å². The Morgan fingerprint density at radius 3 is 2.28 bits per heavy atom. The van der Waals surface area contributed by atoms with E-state index < -0.39 is 28.5 Å². The minimum atomic E-state index is -4.16. The highest BCUT2D eigenvalue weighted by atomic mass is 79.9. The van der Waals surface area contributed by atoms with Gasteiger partial charge in [0, 0.05) is 22.6 Å². The van der Waals surface area contributed by atoms with Gasteiger partial charge in [-0.2, -0.15) is 0 Å². The monoisotopic (exact) mass is 635 g/mol. The van der Waals surface area contributed by atoms with Gasteiger partial charge in [0.1, 0.15) is 18.3 Å². The maximum absolute atomic E-state index is 13.8. The zero-order chi connectivity index (χ0) is 28.6. The number of amides is 2. The molecule has 0 saturated heterocycles. The van der Waals surface area contributed by atoms with E-state index in [4.69, 9.17) is 16.3 Å². The number of anilines is 1. The zero-order valence-corrected chi connectivity index (χ0v) is 25.1. The maximum atomic E-state index is 13.8. The lowest BCUT2D eigenvalue weighted by Gasteiger charge is -2.32. The van der Waals surface area contributed by atoms with Gasteiger partial charge in [0.15, 0.2) is 0 Å². The summed E-state index contributed by atoms with van der Waals surface area (Å²) in [5, 5.41) is 3.22. The van der Waals surface area contributed by atoms with Crippen LogP contribution in [0.15, 0.2) is 82.2 Å². The Labute approximate surface area is 243 Å². The van der Waals surface area contributed by atoms with Gasteiger partial charge in [0.05, 0.1) is 17.2 Å². The Morgan fingerprint density at radius 2 is 1.69 bits per heavy atom. The van der Waals surface area contributed by atoms with Crippen molar-refractivity contribution in [1.82, 2.24) is 10.2 Å². The summed E-state index contributed by atoms with van der Waals surface area (Å²) in [6.07, 6.45) is 0. The summed E-state index contributed by atoms with van der Waals surface area (Å²) in [6, 6.07) is 18.7. The SMILES string of the molecule is CCNC(=O)[C@H](C)N(Cc1cccc(Cl)c1)C(=O)CN(c1ccc(OCC)cc1)S(=O)(=O)c1ccc(Br)cc1. The van der Waals surface area contributed by atoms with E-state index in [1.165, 1.54) is 17.0 Å². The molecule has 0 saturated carbocycles. The lowest BCUT2D eigenvalue weighted by molar-refractivity contribution is -0.139. The van der Waals surface area contributed by atoms with Gasteiger partial charge < -0.3 is 15.0 Å². The summed E-state index contributed by atoms with van der Waals surface area (Å²) >= 11 is 9.48. The van der Waals surface area contributed by atoms with Crippen molar-refractivity contribution in [1.29, 1.82) is 0 Å². The summed E-state index contributed by atoms with van der Waals surface area (Å²) < 4.78 is 34.9. The average Bonchev–Trinajstić information content (AvgIpc) is 2.91.